The summed E-state index contributed by atoms with van der Waals surface area (Å²) >= 11 is 0. The lowest BCUT2D eigenvalue weighted by Crippen LogP contribution is -2.29. The third-order valence-corrected chi connectivity index (χ3v) is 5.61. The zero-order valence-electron chi connectivity index (χ0n) is 20.6. The second kappa shape index (κ2) is 10.6. The van der Waals surface area contributed by atoms with Gasteiger partial charge in [0.1, 0.15) is 23.5 Å². The zero-order chi connectivity index (χ0) is 25.8. The molecule has 0 bridgehead atoms. The SMILES string of the molecule is CC(C)CNCc1cc(C(=O)Nc2cc(-c3ccc(F)cc3-c3nncn3C)ccn2)c(=O)n(C)c1. The summed E-state index contributed by atoms with van der Waals surface area (Å²) in [5.74, 6) is 0.278. The van der Waals surface area contributed by atoms with Crippen LogP contribution in [0.15, 0.2) is 59.9 Å². The first-order valence-electron chi connectivity index (χ1n) is 11.5. The van der Waals surface area contributed by atoms with E-state index in [2.05, 4.69) is 39.7 Å². The molecule has 0 saturated carbocycles. The number of anilines is 1. The van der Waals surface area contributed by atoms with E-state index in [-0.39, 0.29) is 11.4 Å². The van der Waals surface area contributed by atoms with Crippen LogP contribution in [0.25, 0.3) is 22.5 Å². The van der Waals surface area contributed by atoms with Crippen LogP contribution in [0.5, 0.6) is 0 Å². The van der Waals surface area contributed by atoms with Gasteiger partial charge < -0.3 is 19.8 Å². The van der Waals surface area contributed by atoms with E-state index in [1.807, 2.05) is 0 Å². The third-order valence-electron chi connectivity index (χ3n) is 5.61. The average Bonchev–Trinajstić information content (AvgIpc) is 3.26. The van der Waals surface area contributed by atoms with Gasteiger partial charge in [-0.15, -0.1) is 10.2 Å². The third kappa shape index (κ3) is 5.55. The number of carbonyl (C=O) groups excluding carboxylic acids is 1. The standard InChI is InChI=1S/C26H28FN7O2/c1-16(2)12-28-13-17-9-22(26(36)33(3)14-17)25(35)31-23-10-18(7-8-29-23)20-6-5-19(27)11-21(20)24-32-30-15-34(24)4/h5-11,14-16,28H,12-13H2,1-4H3,(H,29,31,35). The highest BCUT2D eigenvalue weighted by molar-refractivity contribution is 6.04. The molecule has 0 aliphatic heterocycles. The molecule has 1 amide bonds. The van der Waals surface area contributed by atoms with E-state index in [9.17, 15) is 14.0 Å². The van der Waals surface area contributed by atoms with E-state index in [0.717, 1.165) is 12.1 Å². The summed E-state index contributed by atoms with van der Waals surface area (Å²) < 4.78 is 17.2. The summed E-state index contributed by atoms with van der Waals surface area (Å²) in [6.07, 6.45) is 4.79. The highest BCUT2D eigenvalue weighted by atomic mass is 19.1. The second-order valence-electron chi connectivity index (χ2n) is 9.04. The molecule has 36 heavy (non-hydrogen) atoms. The topological polar surface area (TPSA) is 107 Å². The van der Waals surface area contributed by atoms with Gasteiger partial charge in [-0.3, -0.25) is 9.59 Å². The maximum atomic E-state index is 14.1. The van der Waals surface area contributed by atoms with Crippen LogP contribution in [0.2, 0.25) is 0 Å². The number of hydrogen-bond acceptors (Lipinski definition) is 6. The minimum absolute atomic E-state index is 0.0232. The monoisotopic (exact) mass is 489 g/mol. The van der Waals surface area contributed by atoms with Gasteiger partial charge in [0, 0.05) is 38.6 Å². The highest BCUT2D eigenvalue weighted by Gasteiger charge is 2.17. The summed E-state index contributed by atoms with van der Waals surface area (Å²) in [4.78, 5) is 30.0. The van der Waals surface area contributed by atoms with Gasteiger partial charge in [-0.2, -0.15) is 0 Å². The van der Waals surface area contributed by atoms with Gasteiger partial charge >= 0.3 is 0 Å². The van der Waals surface area contributed by atoms with Crippen molar-refractivity contribution in [1.29, 1.82) is 0 Å². The summed E-state index contributed by atoms with van der Waals surface area (Å²) in [7, 11) is 3.39. The maximum Gasteiger partial charge on any atom is 0.263 e. The highest BCUT2D eigenvalue weighted by Crippen LogP contribution is 2.32. The molecule has 186 valence electrons. The van der Waals surface area contributed by atoms with Gasteiger partial charge in [-0.1, -0.05) is 19.9 Å². The first-order chi connectivity index (χ1) is 17.2. The van der Waals surface area contributed by atoms with Crippen LogP contribution < -0.4 is 16.2 Å². The Balaban J connectivity index is 1.62. The van der Waals surface area contributed by atoms with E-state index in [1.165, 1.54) is 23.0 Å². The van der Waals surface area contributed by atoms with E-state index < -0.39 is 17.3 Å². The van der Waals surface area contributed by atoms with Crippen molar-refractivity contribution >= 4 is 11.7 Å². The number of hydrogen-bond donors (Lipinski definition) is 2. The van der Waals surface area contributed by atoms with Crippen molar-refractivity contribution in [1.82, 2.24) is 29.6 Å². The van der Waals surface area contributed by atoms with Crippen LogP contribution in [0.1, 0.15) is 29.8 Å². The Labute approximate surface area is 208 Å². The lowest BCUT2D eigenvalue weighted by atomic mass is 9.99. The molecule has 4 rings (SSSR count). The van der Waals surface area contributed by atoms with E-state index in [0.29, 0.717) is 35.0 Å². The normalized spacial score (nSPS) is 11.2. The predicted molar refractivity (Wildman–Crippen MR) is 136 cm³/mol. The first-order valence-corrected chi connectivity index (χ1v) is 11.5. The number of rotatable bonds is 8. The molecule has 0 unspecified atom stereocenters. The van der Waals surface area contributed by atoms with Crippen LogP contribution in [0.3, 0.4) is 0 Å². The fraction of sp³-hybridized carbons (Fsp3) is 0.269. The molecule has 0 atom stereocenters. The van der Waals surface area contributed by atoms with Crippen molar-refractivity contribution in [2.24, 2.45) is 20.0 Å². The lowest BCUT2D eigenvalue weighted by molar-refractivity contribution is 0.102. The molecule has 1 aromatic carbocycles. The smallest absolute Gasteiger partial charge is 0.263 e. The zero-order valence-corrected chi connectivity index (χ0v) is 20.6. The van der Waals surface area contributed by atoms with Gasteiger partial charge in [-0.25, -0.2) is 9.37 Å². The van der Waals surface area contributed by atoms with Gasteiger partial charge in [0.05, 0.1) is 0 Å². The number of carbonyl (C=O) groups is 1. The van der Waals surface area contributed by atoms with Gasteiger partial charge in [0.2, 0.25) is 0 Å². The quantitative estimate of drug-likeness (QED) is 0.393. The van der Waals surface area contributed by atoms with Gasteiger partial charge in [0.25, 0.3) is 11.5 Å². The molecule has 4 aromatic rings. The largest absolute Gasteiger partial charge is 0.318 e. The number of nitrogens with one attached hydrogen (secondary N) is 2. The Hall–Kier alpha value is -4.18. The van der Waals surface area contributed by atoms with Crippen molar-refractivity contribution in [3.05, 3.63) is 82.4 Å². The van der Waals surface area contributed by atoms with E-state index in [4.69, 9.17) is 0 Å². The number of benzene rings is 1. The van der Waals surface area contributed by atoms with Crippen molar-refractivity contribution in [3.63, 3.8) is 0 Å². The molecule has 0 fully saturated rings. The average molecular weight is 490 g/mol. The second-order valence-corrected chi connectivity index (χ2v) is 9.04. The Morgan fingerprint density at radius 1 is 1.08 bits per heavy atom. The Morgan fingerprint density at radius 2 is 1.89 bits per heavy atom. The minimum Gasteiger partial charge on any atom is -0.318 e. The van der Waals surface area contributed by atoms with Gasteiger partial charge in [-0.05, 0) is 59.5 Å². The fourth-order valence-corrected chi connectivity index (χ4v) is 3.88. The molecule has 0 saturated heterocycles. The van der Waals surface area contributed by atoms with E-state index >= 15 is 0 Å². The van der Waals surface area contributed by atoms with Crippen LogP contribution in [-0.2, 0) is 20.6 Å². The fourth-order valence-electron chi connectivity index (χ4n) is 3.88. The molecule has 3 heterocycles. The Morgan fingerprint density at radius 3 is 2.61 bits per heavy atom. The maximum absolute atomic E-state index is 14.1. The summed E-state index contributed by atoms with van der Waals surface area (Å²) in [5, 5.41) is 14.0. The number of halogens is 1. The molecule has 0 radical (unpaired) electrons. The van der Waals surface area contributed by atoms with Crippen LogP contribution in [0, 0.1) is 11.7 Å². The summed E-state index contributed by atoms with van der Waals surface area (Å²) in [6, 6.07) is 9.41. The Bertz CT molecular complexity index is 1460. The van der Waals surface area contributed by atoms with Crippen LogP contribution in [-0.4, -0.2) is 36.8 Å². The van der Waals surface area contributed by atoms with Gasteiger partial charge in [0.15, 0.2) is 5.82 Å². The first kappa shape index (κ1) is 24.9. The van der Waals surface area contributed by atoms with Crippen LogP contribution >= 0.6 is 0 Å². The van der Waals surface area contributed by atoms with Crippen molar-refractivity contribution in [3.8, 4) is 22.5 Å². The Kier molecular flexibility index (Phi) is 7.35. The molecular weight excluding hydrogens is 461 g/mol. The molecule has 0 aliphatic carbocycles. The predicted octanol–water partition coefficient (Wildman–Crippen LogP) is 3.38. The summed E-state index contributed by atoms with van der Waals surface area (Å²) in [6.45, 7) is 5.57. The molecule has 10 heteroatoms. The molecule has 3 aromatic heterocycles. The number of aryl methyl sites for hydroxylation is 2. The molecule has 2 N–H and O–H groups in total. The minimum atomic E-state index is -0.557. The molecule has 9 nitrogen and oxygen atoms in total. The van der Waals surface area contributed by atoms with Crippen molar-refractivity contribution < 1.29 is 9.18 Å². The summed E-state index contributed by atoms with van der Waals surface area (Å²) in [5.41, 5.74) is 2.38. The van der Waals surface area contributed by atoms with Crippen molar-refractivity contribution in [2.45, 2.75) is 20.4 Å². The molecular formula is C26H28FN7O2. The van der Waals surface area contributed by atoms with Crippen LogP contribution in [0.4, 0.5) is 10.2 Å². The number of aromatic nitrogens is 5. The van der Waals surface area contributed by atoms with E-state index in [1.54, 1.807) is 55.3 Å². The molecule has 0 spiro atoms. The lowest BCUT2D eigenvalue weighted by Gasteiger charge is -2.12. The number of pyridine rings is 2. The molecule has 0 aliphatic rings. The van der Waals surface area contributed by atoms with Crippen molar-refractivity contribution in [2.75, 3.05) is 11.9 Å². The number of amides is 1. The number of nitrogens with zero attached hydrogens (tertiary/aromatic N) is 5.